The Bertz CT molecular complexity index is 494. The average Bonchev–Trinajstić information content (AvgIpc) is 2.78. The molecule has 0 aliphatic rings. The zero-order valence-electron chi connectivity index (χ0n) is 9.23. The van der Waals surface area contributed by atoms with Gasteiger partial charge in [-0.05, 0) is 24.6 Å². The van der Waals surface area contributed by atoms with Gasteiger partial charge in [-0.1, -0.05) is 6.07 Å². The molecule has 0 fully saturated rings. The maximum Gasteiger partial charge on any atom is 0.247 e. The standard InChI is InChI=1S/C11H13N3O2/c1-7-3-4-8(5-9(7)15-2)11-14-13-10(6-12)16-11/h3-5H,6,12H2,1-2H3. The summed E-state index contributed by atoms with van der Waals surface area (Å²) in [5, 5.41) is 7.72. The van der Waals surface area contributed by atoms with E-state index in [1.165, 1.54) is 0 Å². The van der Waals surface area contributed by atoms with E-state index in [1.807, 2.05) is 25.1 Å². The maximum absolute atomic E-state index is 5.40. The van der Waals surface area contributed by atoms with Crippen molar-refractivity contribution in [2.24, 2.45) is 5.73 Å². The molecule has 1 aromatic carbocycles. The summed E-state index contributed by atoms with van der Waals surface area (Å²) in [6, 6.07) is 5.72. The van der Waals surface area contributed by atoms with Gasteiger partial charge in [-0.3, -0.25) is 0 Å². The summed E-state index contributed by atoms with van der Waals surface area (Å²) in [4.78, 5) is 0. The highest BCUT2D eigenvalue weighted by Gasteiger charge is 2.09. The van der Waals surface area contributed by atoms with Crippen LogP contribution in [0, 0.1) is 6.92 Å². The van der Waals surface area contributed by atoms with Crippen LogP contribution in [0.4, 0.5) is 0 Å². The van der Waals surface area contributed by atoms with Crippen molar-refractivity contribution < 1.29 is 9.15 Å². The first-order valence-corrected chi connectivity index (χ1v) is 4.92. The second-order valence-electron chi connectivity index (χ2n) is 3.39. The van der Waals surface area contributed by atoms with Crippen molar-refractivity contribution in [2.45, 2.75) is 13.5 Å². The lowest BCUT2D eigenvalue weighted by atomic mass is 10.1. The van der Waals surface area contributed by atoms with Crippen LogP contribution in [0.1, 0.15) is 11.5 Å². The fourth-order valence-electron chi connectivity index (χ4n) is 1.41. The van der Waals surface area contributed by atoms with Crippen LogP contribution in [0.25, 0.3) is 11.5 Å². The predicted molar refractivity (Wildman–Crippen MR) is 58.9 cm³/mol. The van der Waals surface area contributed by atoms with Crippen molar-refractivity contribution in [1.29, 1.82) is 0 Å². The monoisotopic (exact) mass is 219 g/mol. The smallest absolute Gasteiger partial charge is 0.247 e. The Balaban J connectivity index is 2.40. The van der Waals surface area contributed by atoms with Crippen LogP contribution in [-0.2, 0) is 6.54 Å². The lowest BCUT2D eigenvalue weighted by Gasteiger charge is -2.04. The highest BCUT2D eigenvalue weighted by Crippen LogP contribution is 2.25. The number of hydrogen-bond donors (Lipinski definition) is 1. The molecule has 0 bridgehead atoms. The normalized spacial score (nSPS) is 10.4. The molecule has 84 valence electrons. The highest BCUT2D eigenvalue weighted by molar-refractivity contribution is 5.57. The van der Waals surface area contributed by atoms with E-state index in [1.54, 1.807) is 7.11 Å². The molecule has 2 N–H and O–H groups in total. The van der Waals surface area contributed by atoms with Gasteiger partial charge in [0.15, 0.2) is 0 Å². The van der Waals surface area contributed by atoms with Gasteiger partial charge < -0.3 is 14.9 Å². The van der Waals surface area contributed by atoms with Gasteiger partial charge in [0.05, 0.1) is 13.7 Å². The van der Waals surface area contributed by atoms with Crippen molar-refractivity contribution in [3.8, 4) is 17.2 Å². The number of ether oxygens (including phenoxy) is 1. The van der Waals surface area contributed by atoms with E-state index in [9.17, 15) is 0 Å². The molecule has 0 aliphatic carbocycles. The molecule has 1 aromatic heterocycles. The van der Waals surface area contributed by atoms with Gasteiger partial charge in [0.25, 0.3) is 0 Å². The first kappa shape index (κ1) is 10.6. The van der Waals surface area contributed by atoms with Gasteiger partial charge in [-0.15, -0.1) is 10.2 Å². The van der Waals surface area contributed by atoms with Crippen molar-refractivity contribution >= 4 is 0 Å². The second kappa shape index (κ2) is 4.32. The van der Waals surface area contributed by atoms with Gasteiger partial charge in [0.2, 0.25) is 11.8 Å². The summed E-state index contributed by atoms with van der Waals surface area (Å²) in [6.07, 6.45) is 0. The van der Waals surface area contributed by atoms with Crippen molar-refractivity contribution in [3.63, 3.8) is 0 Å². The van der Waals surface area contributed by atoms with Gasteiger partial charge in [-0.25, -0.2) is 0 Å². The molecule has 0 unspecified atom stereocenters. The molecule has 5 nitrogen and oxygen atoms in total. The molecule has 5 heteroatoms. The van der Waals surface area contributed by atoms with Crippen LogP contribution in [0.15, 0.2) is 22.6 Å². The van der Waals surface area contributed by atoms with Gasteiger partial charge in [-0.2, -0.15) is 0 Å². The number of aryl methyl sites for hydroxylation is 1. The minimum absolute atomic E-state index is 0.246. The van der Waals surface area contributed by atoms with E-state index in [0.717, 1.165) is 16.9 Å². The number of methoxy groups -OCH3 is 1. The molecule has 0 saturated carbocycles. The second-order valence-corrected chi connectivity index (χ2v) is 3.39. The lowest BCUT2D eigenvalue weighted by molar-refractivity contribution is 0.411. The van der Waals surface area contributed by atoms with Gasteiger partial charge in [0.1, 0.15) is 5.75 Å². The number of rotatable bonds is 3. The fraction of sp³-hybridized carbons (Fsp3) is 0.273. The minimum Gasteiger partial charge on any atom is -0.496 e. The quantitative estimate of drug-likeness (QED) is 0.847. The fourth-order valence-corrected chi connectivity index (χ4v) is 1.41. The zero-order chi connectivity index (χ0) is 11.5. The van der Waals surface area contributed by atoms with Crippen LogP contribution in [0.2, 0.25) is 0 Å². The van der Waals surface area contributed by atoms with Crippen LogP contribution < -0.4 is 10.5 Å². The Morgan fingerprint density at radius 1 is 1.38 bits per heavy atom. The Labute approximate surface area is 93.2 Å². The average molecular weight is 219 g/mol. The molecular weight excluding hydrogens is 206 g/mol. The van der Waals surface area contributed by atoms with Crippen LogP contribution in [0.3, 0.4) is 0 Å². The maximum atomic E-state index is 5.40. The molecule has 0 saturated heterocycles. The van der Waals surface area contributed by atoms with E-state index >= 15 is 0 Å². The van der Waals surface area contributed by atoms with Crippen molar-refractivity contribution in [2.75, 3.05) is 7.11 Å². The molecule has 0 amide bonds. The number of benzene rings is 1. The summed E-state index contributed by atoms with van der Waals surface area (Å²) < 4.78 is 10.6. The Morgan fingerprint density at radius 2 is 2.19 bits per heavy atom. The number of hydrogen-bond acceptors (Lipinski definition) is 5. The summed E-state index contributed by atoms with van der Waals surface area (Å²) >= 11 is 0. The van der Waals surface area contributed by atoms with Crippen molar-refractivity contribution in [3.05, 3.63) is 29.7 Å². The molecule has 0 spiro atoms. The topological polar surface area (TPSA) is 74.2 Å². The molecule has 2 rings (SSSR count). The molecule has 1 heterocycles. The van der Waals surface area contributed by atoms with Crippen molar-refractivity contribution in [1.82, 2.24) is 10.2 Å². The third-order valence-electron chi connectivity index (χ3n) is 2.30. The molecule has 0 radical (unpaired) electrons. The van der Waals surface area contributed by atoms with Gasteiger partial charge in [0, 0.05) is 5.56 Å². The largest absolute Gasteiger partial charge is 0.496 e. The summed E-state index contributed by atoms with van der Waals surface area (Å²) in [5.74, 6) is 1.68. The number of nitrogens with two attached hydrogens (primary N) is 1. The molecule has 2 aromatic rings. The Hall–Kier alpha value is -1.88. The Morgan fingerprint density at radius 3 is 2.81 bits per heavy atom. The summed E-state index contributed by atoms with van der Waals surface area (Å²) in [6.45, 7) is 2.22. The molecular formula is C11H13N3O2. The summed E-state index contributed by atoms with van der Waals surface area (Å²) in [5.41, 5.74) is 7.29. The SMILES string of the molecule is COc1cc(-c2nnc(CN)o2)ccc1C. The number of nitrogens with zero attached hydrogens (tertiary/aromatic N) is 2. The third-order valence-corrected chi connectivity index (χ3v) is 2.30. The summed E-state index contributed by atoms with van der Waals surface area (Å²) in [7, 11) is 1.63. The highest BCUT2D eigenvalue weighted by atomic mass is 16.5. The molecule has 16 heavy (non-hydrogen) atoms. The van der Waals surface area contributed by atoms with E-state index in [-0.39, 0.29) is 6.54 Å². The van der Waals surface area contributed by atoms with Crippen LogP contribution >= 0.6 is 0 Å². The first-order chi connectivity index (χ1) is 7.74. The van der Waals surface area contributed by atoms with Crippen LogP contribution in [-0.4, -0.2) is 17.3 Å². The molecule has 0 aliphatic heterocycles. The minimum atomic E-state index is 0.246. The van der Waals surface area contributed by atoms with Crippen LogP contribution in [0.5, 0.6) is 5.75 Å². The zero-order valence-corrected chi connectivity index (χ0v) is 9.23. The lowest BCUT2D eigenvalue weighted by Crippen LogP contribution is -1.95. The van der Waals surface area contributed by atoms with E-state index in [0.29, 0.717) is 11.8 Å². The third kappa shape index (κ3) is 1.90. The Kier molecular flexibility index (Phi) is 2.87. The number of aromatic nitrogens is 2. The van der Waals surface area contributed by atoms with E-state index in [4.69, 9.17) is 14.9 Å². The molecule has 0 atom stereocenters. The van der Waals surface area contributed by atoms with E-state index < -0.39 is 0 Å². The van der Waals surface area contributed by atoms with Gasteiger partial charge >= 0.3 is 0 Å². The van der Waals surface area contributed by atoms with E-state index in [2.05, 4.69) is 10.2 Å². The first-order valence-electron chi connectivity index (χ1n) is 4.92. The predicted octanol–water partition coefficient (Wildman–Crippen LogP) is 1.51.